The zero-order valence-corrected chi connectivity index (χ0v) is 13.7. The fraction of sp³-hybridized carbons (Fsp3) is 0.0588. The molecule has 0 N–H and O–H groups in total. The molecule has 0 aliphatic carbocycles. The van der Waals surface area contributed by atoms with Crippen molar-refractivity contribution in [1.29, 1.82) is 0 Å². The van der Waals surface area contributed by atoms with Gasteiger partial charge in [0.05, 0.1) is 0 Å². The topological polar surface area (TPSA) is 0 Å². The minimum atomic E-state index is -0.219. The standard InChI is InChI=1S/C17H12STe/c1-11-7-13-9-17-14(8-15(13)18-11)10-16(19-17)12-5-3-2-4-6-12/h2-10H,1H3. The molecule has 0 atom stereocenters. The Kier molecular flexibility index (Phi) is 2.77. The Hall–Kier alpha value is -1.07. The first-order valence-corrected chi connectivity index (χ1v) is 9.43. The van der Waals surface area contributed by atoms with Crippen molar-refractivity contribution >= 4 is 50.6 Å². The van der Waals surface area contributed by atoms with Gasteiger partial charge in [0.2, 0.25) is 0 Å². The van der Waals surface area contributed by atoms with E-state index in [-0.39, 0.29) is 20.4 Å². The van der Waals surface area contributed by atoms with Crippen LogP contribution in [0, 0.1) is 6.92 Å². The van der Waals surface area contributed by atoms with Crippen LogP contribution in [0.5, 0.6) is 0 Å². The Morgan fingerprint density at radius 1 is 0.895 bits per heavy atom. The third-order valence-corrected chi connectivity index (χ3v) is 7.62. The van der Waals surface area contributed by atoms with Gasteiger partial charge in [-0.05, 0) is 0 Å². The molecule has 4 rings (SSSR count). The van der Waals surface area contributed by atoms with E-state index in [0.717, 1.165) is 0 Å². The first kappa shape index (κ1) is 11.7. The Balaban J connectivity index is 1.96. The summed E-state index contributed by atoms with van der Waals surface area (Å²) in [6.07, 6.45) is 0. The van der Waals surface area contributed by atoms with Crippen LogP contribution in [0.1, 0.15) is 4.88 Å². The van der Waals surface area contributed by atoms with E-state index in [4.69, 9.17) is 0 Å². The van der Waals surface area contributed by atoms with Gasteiger partial charge < -0.3 is 0 Å². The summed E-state index contributed by atoms with van der Waals surface area (Å²) in [6.45, 7) is 2.19. The molecule has 0 fully saturated rings. The second-order valence-corrected chi connectivity index (χ2v) is 9.14. The summed E-state index contributed by atoms with van der Waals surface area (Å²) < 4.78 is 4.58. The van der Waals surface area contributed by atoms with Crippen LogP contribution >= 0.6 is 11.3 Å². The van der Waals surface area contributed by atoms with E-state index >= 15 is 0 Å². The van der Waals surface area contributed by atoms with E-state index in [0.29, 0.717) is 0 Å². The first-order valence-electron chi connectivity index (χ1n) is 6.29. The molecule has 0 aliphatic rings. The Bertz CT molecular complexity index is 817. The van der Waals surface area contributed by atoms with Crippen molar-refractivity contribution in [2.24, 2.45) is 0 Å². The number of hydrogen-bond donors (Lipinski definition) is 0. The molecule has 0 saturated carbocycles. The zero-order chi connectivity index (χ0) is 12.8. The molecule has 0 nitrogen and oxygen atoms in total. The summed E-state index contributed by atoms with van der Waals surface area (Å²) in [5, 5.41) is 2.88. The predicted octanol–water partition coefficient (Wildman–Crippen LogP) is 5.09. The quantitative estimate of drug-likeness (QED) is 0.407. The number of fused-ring (bicyclic) bond motifs is 2. The summed E-state index contributed by atoms with van der Waals surface area (Å²) in [5.74, 6) is 0. The average Bonchev–Trinajstić information content (AvgIpc) is 2.98. The van der Waals surface area contributed by atoms with Crippen LogP contribution in [0.25, 0.3) is 28.0 Å². The van der Waals surface area contributed by atoms with Gasteiger partial charge in [0, 0.05) is 0 Å². The number of thiophene rings is 1. The summed E-state index contributed by atoms with van der Waals surface area (Å²) in [5.41, 5.74) is 1.40. The van der Waals surface area contributed by atoms with Gasteiger partial charge in [0.15, 0.2) is 0 Å². The second kappa shape index (κ2) is 4.49. The predicted molar refractivity (Wildman–Crippen MR) is 86.4 cm³/mol. The van der Waals surface area contributed by atoms with Crippen molar-refractivity contribution in [3.05, 3.63) is 59.5 Å². The van der Waals surface area contributed by atoms with Gasteiger partial charge in [-0.1, -0.05) is 0 Å². The molecule has 0 unspecified atom stereocenters. The third kappa shape index (κ3) is 2.05. The molecule has 0 spiro atoms. The van der Waals surface area contributed by atoms with Crippen molar-refractivity contribution < 1.29 is 0 Å². The number of benzene rings is 2. The van der Waals surface area contributed by atoms with Gasteiger partial charge in [-0.15, -0.1) is 0 Å². The van der Waals surface area contributed by atoms with E-state index in [1.54, 1.807) is 6.98 Å². The fourth-order valence-electron chi connectivity index (χ4n) is 2.45. The molecule has 0 radical (unpaired) electrons. The molecular weight excluding hydrogens is 364 g/mol. The van der Waals surface area contributed by atoms with Crippen LogP contribution in [-0.4, -0.2) is 20.4 Å². The molecule has 4 aromatic rings. The number of aryl methyl sites for hydroxylation is 1. The van der Waals surface area contributed by atoms with Crippen molar-refractivity contribution in [2.45, 2.75) is 6.92 Å². The molecular formula is C17H12STe. The molecule has 0 amide bonds. The van der Waals surface area contributed by atoms with E-state index in [9.17, 15) is 0 Å². The Morgan fingerprint density at radius 3 is 2.58 bits per heavy atom. The summed E-state index contributed by atoms with van der Waals surface area (Å²) in [6, 6.07) is 20.3. The van der Waals surface area contributed by atoms with Crippen LogP contribution in [-0.2, 0) is 0 Å². The van der Waals surface area contributed by atoms with E-state index < -0.39 is 0 Å². The van der Waals surface area contributed by atoms with E-state index in [1.165, 1.54) is 25.9 Å². The van der Waals surface area contributed by atoms with Crippen molar-refractivity contribution in [2.75, 3.05) is 0 Å². The molecule has 0 saturated heterocycles. The molecule has 0 bridgehead atoms. The first-order chi connectivity index (χ1) is 9.29. The summed E-state index contributed by atoms with van der Waals surface area (Å²) >= 11 is 1.68. The number of hydrogen-bond acceptors (Lipinski definition) is 1. The SMILES string of the molecule is Cc1cc2cc3[te]c(-c4ccccc4)cc3cc2s1. The van der Waals surface area contributed by atoms with Crippen LogP contribution in [0.4, 0.5) is 0 Å². The van der Waals surface area contributed by atoms with Crippen molar-refractivity contribution in [3.8, 4) is 9.14 Å². The van der Waals surface area contributed by atoms with Crippen LogP contribution in [0.3, 0.4) is 0 Å². The van der Waals surface area contributed by atoms with Gasteiger partial charge in [0.25, 0.3) is 0 Å². The third-order valence-electron chi connectivity index (χ3n) is 3.34. The number of rotatable bonds is 1. The Morgan fingerprint density at radius 2 is 1.74 bits per heavy atom. The molecule has 0 aliphatic heterocycles. The zero-order valence-electron chi connectivity index (χ0n) is 10.5. The van der Waals surface area contributed by atoms with Gasteiger partial charge in [0.1, 0.15) is 0 Å². The Labute approximate surface area is 125 Å². The summed E-state index contributed by atoms with van der Waals surface area (Å²) in [4.78, 5) is 1.41. The van der Waals surface area contributed by atoms with Crippen LogP contribution in [0.2, 0.25) is 0 Å². The van der Waals surface area contributed by atoms with E-state index in [1.807, 2.05) is 11.3 Å². The van der Waals surface area contributed by atoms with Gasteiger partial charge in [-0.25, -0.2) is 0 Å². The molecule has 2 heterocycles. The fourth-order valence-corrected chi connectivity index (χ4v) is 6.54. The van der Waals surface area contributed by atoms with Crippen LogP contribution in [0.15, 0.2) is 54.6 Å². The van der Waals surface area contributed by atoms with Gasteiger partial charge in [-0.3, -0.25) is 0 Å². The minimum absolute atomic E-state index is 0.219. The normalized spacial score (nSPS) is 11.4. The maximum absolute atomic E-state index is 2.42. The maximum atomic E-state index is 2.42. The van der Waals surface area contributed by atoms with Crippen LogP contribution < -0.4 is 0 Å². The molecule has 2 aromatic heterocycles. The average molecular weight is 376 g/mol. The second-order valence-electron chi connectivity index (χ2n) is 4.76. The van der Waals surface area contributed by atoms with E-state index in [2.05, 4.69) is 61.5 Å². The monoisotopic (exact) mass is 378 g/mol. The summed E-state index contributed by atoms with van der Waals surface area (Å²) in [7, 11) is 0. The molecule has 19 heavy (non-hydrogen) atoms. The molecule has 92 valence electrons. The van der Waals surface area contributed by atoms with Gasteiger partial charge >= 0.3 is 126 Å². The van der Waals surface area contributed by atoms with Crippen molar-refractivity contribution in [1.82, 2.24) is 0 Å². The van der Waals surface area contributed by atoms with Crippen molar-refractivity contribution in [3.63, 3.8) is 0 Å². The van der Waals surface area contributed by atoms with Gasteiger partial charge in [-0.2, -0.15) is 0 Å². The molecule has 2 heteroatoms. The molecule has 2 aromatic carbocycles.